The van der Waals surface area contributed by atoms with E-state index < -0.39 is 54.0 Å². The van der Waals surface area contributed by atoms with Gasteiger partial charge in [0.05, 0.1) is 19.1 Å². The molecular formula is C27H39N5O7. The third-order valence-corrected chi connectivity index (χ3v) is 5.41. The van der Waals surface area contributed by atoms with Crippen molar-refractivity contribution in [1.29, 1.82) is 5.26 Å². The van der Waals surface area contributed by atoms with Gasteiger partial charge in [0.25, 0.3) is 0 Å². The van der Waals surface area contributed by atoms with Gasteiger partial charge in [-0.15, -0.1) is 0 Å². The number of nitrogens with two attached hydrogens (primary N) is 1. The summed E-state index contributed by atoms with van der Waals surface area (Å²) in [7, 11) is 0. The first-order chi connectivity index (χ1) is 18.2. The van der Waals surface area contributed by atoms with Crippen LogP contribution in [0.5, 0.6) is 0 Å². The summed E-state index contributed by atoms with van der Waals surface area (Å²) < 4.78 is 10.1. The Bertz CT molecular complexity index is 1090. The zero-order valence-corrected chi connectivity index (χ0v) is 23.5. The lowest BCUT2D eigenvalue weighted by Crippen LogP contribution is -2.53. The fraction of sp³-hybridized carbons (Fsp3) is 0.556. The molecule has 12 nitrogen and oxygen atoms in total. The van der Waals surface area contributed by atoms with Gasteiger partial charge in [-0.25, -0.2) is 4.79 Å². The van der Waals surface area contributed by atoms with Crippen LogP contribution in [0.25, 0.3) is 0 Å². The number of esters is 1. The largest absolute Gasteiger partial charge is 0.466 e. The molecule has 1 aromatic rings. The Morgan fingerprint density at radius 1 is 1.13 bits per heavy atom. The van der Waals surface area contributed by atoms with Crippen LogP contribution in [0.1, 0.15) is 69.7 Å². The molecule has 1 aromatic carbocycles. The molecule has 0 aliphatic carbocycles. The van der Waals surface area contributed by atoms with E-state index in [9.17, 15) is 29.2 Å². The molecule has 214 valence electrons. The van der Waals surface area contributed by atoms with Gasteiger partial charge >= 0.3 is 12.1 Å². The normalized spacial score (nSPS) is 12.3. The second-order valence-electron chi connectivity index (χ2n) is 9.94. The zero-order valence-electron chi connectivity index (χ0n) is 23.5. The van der Waals surface area contributed by atoms with Crippen LogP contribution in [-0.4, -0.2) is 66.0 Å². The van der Waals surface area contributed by atoms with E-state index in [0.29, 0.717) is 11.1 Å². The zero-order chi connectivity index (χ0) is 29.8. The number of nitrogens with one attached hydrogen (secondary N) is 2. The minimum atomic E-state index is -1.32. The van der Waals surface area contributed by atoms with Gasteiger partial charge in [0, 0.05) is 13.0 Å². The Morgan fingerprint density at radius 2 is 1.79 bits per heavy atom. The van der Waals surface area contributed by atoms with Gasteiger partial charge in [0.2, 0.25) is 17.7 Å². The number of nitrogens with zero attached hydrogens (tertiary/aromatic N) is 2. The van der Waals surface area contributed by atoms with Crippen LogP contribution in [0.2, 0.25) is 0 Å². The quantitative estimate of drug-likeness (QED) is 0.248. The van der Waals surface area contributed by atoms with E-state index in [4.69, 9.17) is 15.2 Å². The number of alkyl carbamates (subject to hydrolysis) is 1. The monoisotopic (exact) mass is 545 g/mol. The Balaban J connectivity index is 3.45. The van der Waals surface area contributed by atoms with Gasteiger partial charge in [-0.05, 0) is 59.1 Å². The third-order valence-electron chi connectivity index (χ3n) is 5.41. The number of nitriles is 1. The van der Waals surface area contributed by atoms with Crippen LogP contribution in [-0.2, 0) is 28.7 Å². The predicted octanol–water partition coefficient (Wildman–Crippen LogP) is 1.92. The maximum atomic E-state index is 13.8. The average Bonchev–Trinajstić information content (AvgIpc) is 2.81. The molecule has 0 aliphatic heterocycles. The third kappa shape index (κ3) is 11.4. The lowest BCUT2D eigenvalue weighted by Gasteiger charge is -2.33. The van der Waals surface area contributed by atoms with Crippen LogP contribution < -0.4 is 16.4 Å². The molecule has 1 rings (SSSR count). The highest BCUT2D eigenvalue weighted by molar-refractivity contribution is 5.93. The first kappa shape index (κ1) is 32.9. The lowest BCUT2D eigenvalue weighted by atomic mass is 9.96. The summed E-state index contributed by atoms with van der Waals surface area (Å²) in [6, 6.07) is 4.57. The van der Waals surface area contributed by atoms with Crippen molar-refractivity contribution < 1.29 is 33.4 Å². The maximum absolute atomic E-state index is 13.8. The minimum absolute atomic E-state index is 0.0606. The number of carbonyl (C=O) groups is 5. The van der Waals surface area contributed by atoms with E-state index in [-0.39, 0.29) is 32.4 Å². The Kier molecular flexibility index (Phi) is 12.9. The molecule has 0 heterocycles. The minimum Gasteiger partial charge on any atom is -0.466 e. The van der Waals surface area contributed by atoms with E-state index in [0.717, 1.165) is 10.5 Å². The molecular weight excluding hydrogens is 506 g/mol. The number of hydrogen-bond donors (Lipinski definition) is 3. The van der Waals surface area contributed by atoms with Crippen molar-refractivity contribution in [2.24, 2.45) is 5.73 Å². The highest BCUT2D eigenvalue weighted by Crippen LogP contribution is 2.27. The summed E-state index contributed by atoms with van der Waals surface area (Å²) in [6.07, 6.45) is -1.43. The molecule has 0 radical (unpaired) electrons. The summed E-state index contributed by atoms with van der Waals surface area (Å²) in [5, 5.41) is 14.7. The summed E-state index contributed by atoms with van der Waals surface area (Å²) >= 11 is 0. The van der Waals surface area contributed by atoms with Crippen LogP contribution >= 0.6 is 0 Å². The van der Waals surface area contributed by atoms with Crippen molar-refractivity contribution in [3.63, 3.8) is 0 Å². The maximum Gasteiger partial charge on any atom is 0.408 e. The second-order valence-corrected chi connectivity index (χ2v) is 9.94. The van der Waals surface area contributed by atoms with Crippen LogP contribution in [0.4, 0.5) is 4.79 Å². The molecule has 2 unspecified atom stereocenters. The summed E-state index contributed by atoms with van der Waals surface area (Å²) in [6.45, 7) is 9.86. The molecule has 4 N–H and O–H groups in total. The molecule has 0 fully saturated rings. The van der Waals surface area contributed by atoms with Crippen molar-refractivity contribution in [2.75, 3.05) is 19.7 Å². The first-order valence-electron chi connectivity index (χ1n) is 12.7. The van der Waals surface area contributed by atoms with Crippen LogP contribution in [0, 0.1) is 25.2 Å². The van der Waals surface area contributed by atoms with Gasteiger partial charge < -0.3 is 30.7 Å². The fourth-order valence-corrected chi connectivity index (χ4v) is 3.77. The van der Waals surface area contributed by atoms with Gasteiger partial charge in [-0.3, -0.25) is 19.2 Å². The summed E-state index contributed by atoms with van der Waals surface area (Å²) in [4.78, 5) is 64.1. The Labute approximate surface area is 229 Å². The van der Waals surface area contributed by atoms with Crippen molar-refractivity contribution in [3.05, 3.63) is 34.9 Å². The number of ether oxygens (including phenoxy) is 2. The fourth-order valence-electron chi connectivity index (χ4n) is 3.77. The van der Waals surface area contributed by atoms with E-state index in [2.05, 4.69) is 10.6 Å². The molecule has 0 bridgehead atoms. The van der Waals surface area contributed by atoms with E-state index >= 15 is 0 Å². The average molecular weight is 546 g/mol. The number of primary amides is 1. The number of hydrogen-bond acceptors (Lipinski definition) is 8. The molecule has 0 saturated heterocycles. The highest BCUT2D eigenvalue weighted by atomic mass is 16.6. The van der Waals surface area contributed by atoms with E-state index in [1.54, 1.807) is 46.8 Å². The number of aryl methyl sites for hydroxylation is 2. The Hall–Kier alpha value is -4.14. The van der Waals surface area contributed by atoms with E-state index in [1.165, 1.54) is 0 Å². The summed E-state index contributed by atoms with van der Waals surface area (Å²) in [5.41, 5.74) is 6.46. The van der Waals surface area contributed by atoms with Crippen LogP contribution in [0.3, 0.4) is 0 Å². The topological polar surface area (TPSA) is 181 Å². The van der Waals surface area contributed by atoms with Gasteiger partial charge in [0.1, 0.15) is 24.2 Å². The van der Waals surface area contributed by atoms with Crippen molar-refractivity contribution >= 4 is 29.8 Å². The molecule has 39 heavy (non-hydrogen) atoms. The van der Waals surface area contributed by atoms with Gasteiger partial charge in [0.15, 0.2) is 0 Å². The number of rotatable bonds is 13. The number of amides is 4. The molecule has 0 saturated carbocycles. The first-order valence-corrected chi connectivity index (χ1v) is 12.7. The predicted molar refractivity (Wildman–Crippen MR) is 142 cm³/mol. The molecule has 0 aliphatic rings. The van der Waals surface area contributed by atoms with Gasteiger partial charge in [-0.1, -0.05) is 23.8 Å². The smallest absolute Gasteiger partial charge is 0.408 e. The van der Waals surface area contributed by atoms with Crippen molar-refractivity contribution in [1.82, 2.24) is 15.5 Å². The van der Waals surface area contributed by atoms with E-state index in [1.807, 2.05) is 19.1 Å². The number of carbonyl (C=O) groups excluding carboxylic acids is 5. The molecule has 12 heteroatoms. The Morgan fingerprint density at radius 3 is 2.33 bits per heavy atom. The summed E-state index contributed by atoms with van der Waals surface area (Å²) in [5.74, 6) is -2.62. The SMILES string of the molecule is CCOC(=O)CCNC(=O)C(c1ccc(C)cc1C)N(CC#N)C(=O)C(CCC(N)=O)NC(=O)OC(C)(C)C. The molecule has 2 atom stereocenters. The van der Waals surface area contributed by atoms with Crippen molar-refractivity contribution in [2.45, 2.75) is 78.5 Å². The van der Waals surface area contributed by atoms with Gasteiger partial charge in [-0.2, -0.15) is 5.26 Å². The number of benzene rings is 1. The van der Waals surface area contributed by atoms with Crippen LogP contribution in [0.15, 0.2) is 18.2 Å². The molecule has 0 spiro atoms. The second kappa shape index (κ2) is 15.3. The van der Waals surface area contributed by atoms with Crippen molar-refractivity contribution in [3.8, 4) is 6.07 Å². The molecule has 4 amide bonds. The highest BCUT2D eigenvalue weighted by Gasteiger charge is 2.37. The standard InChI is InChI=1S/C27H39N5O7/c1-7-38-22(34)12-14-30-24(35)23(19-9-8-17(2)16-18(19)3)32(15-13-28)25(36)20(10-11-21(29)33)31-26(37)39-27(4,5)6/h8-9,16,20,23H,7,10-12,14-15H2,1-6H3,(H2,29,33)(H,30,35)(H,31,37). The molecule has 0 aromatic heterocycles. The lowest BCUT2D eigenvalue weighted by molar-refractivity contribution is -0.144.